The number of phenols is 1. The predicted octanol–water partition coefficient (Wildman–Crippen LogP) is 4.85. The van der Waals surface area contributed by atoms with Crippen LogP contribution < -0.4 is 4.72 Å². The lowest BCUT2D eigenvalue weighted by Crippen LogP contribution is -2.13. The molecular weight excluding hydrogens is 442 g/mol. The van der Waals surface area contributed by atoms with Gasteiger partial charge < -0.3 is 5.11 Å². The lowest BCUT2D eigenvalue weighted by Gasteiger charge is -2.09. The molecule has 0 amide bonds. The third-order valence-electron chi connectivity index (χ3n) is 3.87. The van der Waals surface area contributed by atoms with Gasteiger partial charge in [0.05, 0.1) is 0 Å². The number of halogens is 1. The molecule has 0 atom stereocenters. The first-order valence-corrected chi connectivity index (χ1v) is 10.5. The lowest BCUT2D eigenvalue weighted by molar-refractivity contribution is 0.104. The molecule has 0 saturated carbocycles. The molecule has 0 aliphatic heterocycles. The number of phenolic OH excluding ortho intramolecular Hbond substituents is 1. The molecule has 2 N–H and O–H groups in total. The molecule has 5 nitrogen and oxygen atoms in total. The van der Waals surface area contributed by atoms with Gasteiger partial charge in [0, 0.05) is 15.7 Å². The normalized spacial score (nSPS) is 11.5. The van der Waals surface area contributed by atoms with E-state index >= 15 is 0 Å². The first-order valence-electron chi connectivity index (χ1n) is 8.24. The Bertz CT molecular complexity index is 1120. The summed E-state index contributed by atoms with van der Waals surface area (Å²) in [6, 6.07) is 19.2. The van der Waals surface area contributed by atoms with Gasteiger partial charge in [-0.05, 0) is 76.1 Å². The van der Waals surface area contributed by atoms with Gasteiger partial charge in [0.15, 0.2) is 5.78 Å². The number of benzene rings is 3. The summed E-state index contributed by atoms with van der Waals surface area (Å²) in [4.78, 5) is 12.4. The number of carbonyl (C=O) groups is 1. The second-order valence-corrected chi connectivity index (χ2v) is 8.41. The Kier molecular flexibility index (Phi) is 5.96. The second kappa shape index (κ2) is 8.41. The van der Waals surface area contributed by atoms with Crippen LogP contribution in [0.3, 0.4) is 0 Å². The molecular formula is C21H16BrNO4S. The third-order valence-corrected chi connectivity index (χ3v) is 6.26. The van der Waals surface area contributed by atoms with E-state index in [1.54, 1.807) is 48.5 Å². The number of aromatic hydroxyl groups is 1. The molecule has 28 heavy (non-hydrogen) atoms. The molecule has 0 aliphatic rings. The number of nitrogens with one attached hydrogen (secondary N) is 1. The van der Waals surface area contributed by atoms with Crippen molar-refractivity contribution in [3.8, 4) is 5.75 Å². The smallest absolute Gasteiger partial charge is 0.263 e. The topological polar surface area (TPSA) is 83.5 Å². The zero-order valence-electron chi connectivity index (χ0n) is 14.5. The minimum absolute atomic E-state index is 0.131. The minimum Gasteiger partial charge on any atom is -0.508 e. The van der Waals surface area contributed by atoms with E-state index in [2.05, 4.69) is 20.7 Å². The SMILES string of the molecule is O=C(/C=C/c1ccc(O)cc1)c1ccc(NS(=O)(=O)c2ccccc2Br)cc1. The third kappa shape index (κ3) is 4.88. The van der Waals surface area contributed by atoms with Crippen LogP contribution in [0.15, 0.2) is 88.2 Å². The maximum Gasteiger partial charge on any atom is 0.263 e. The fourth-order valence-corrected chi connectivity index (χ4v) is 4.49. The molecule has 0 fully saturated rings. The van der Waals surface area contributed by atoms with E-state index in [1.165, 1.54) is 36.4 Å². The molecule has 0 saturated heterocycles. The van der Waals surface area contributed by atoms with E-state index in [9.17, 15) is 18.3 Å². The number of hydrogen-bond donors (Lipinski definition) is 2. The highest BCUT2D eigenvalue weighted by molar-refractivity contribution is 9.10. The average Bonchev–Trinajstić information content (AvgIpc) is 2.68. The Balaban J connectivity index is 1.72. The van der Waals surface area contributed by atoms with Crippen molar-refractivity contribution in [3.63, 3.8) is 0 Å². The van der Waals surface area contributed by atoms with Crippen molar-refractivity contribution in [1.29, 1.82) is 0 Å². The molecule has 0 bridgehead atoms. The van der Waals surface area contributed by atoms with E-state index in [0.717, 1.165) is 5.56 Å². The maximum absolute atomic E-state index is 12.5. The first-order chi connectivity index (χ1) is 13.3. The zero-order valence-corrected chi connectivity index (χ0v) is 16.9. The maximum atomic E-state index is 12.5. The highest BCUT2D eigenvalue weighted by atomic mass is 79.9. The van der Waals surface area contributed by atoms with Crippen LogP contribution in [0.2, 0.25) is 0 Å². The fourth-order valence-electron chi connectivity index (χ4n) is 2.43. The summed E-state index contributed by atoms with van der Waals surface area (Å²) < 4.78 is 27.9. The lowest BCUT2D eigenvalue weighted by atomic mass is 10.1. The fraction of sp³-hybridized carbons (Fsp3) is 0. The van der Waals surface area contributed by atoms with E-state index in [1.807, 2.05) is 0 Å². The van der Waals surface area contributed by atoms with Crippen molar-refractivity contribution >= 4 is 43.5 Å². The van der Waals surface area contributed by atoms with Crippen molar-refractivity contribution in [3.05, 3.63) is 94.5 Å². The molecule has 3 aromatic rings. The molecule has 0 spiro atoms. The molecule has 7 heteroatoms. The van der Waals surface area contributed by atoms with E-state index < -0.39 is 10.0 Å². The number of hydrogen-bond acceptors (Lipinski definition) is 4. The van der Waals surface area contributed by atoms with Gasteiger partial charge in [0.25, 0.3) is 10.0 Å². The number of allylic oxidation sites excluding steroid dienone is 1. The zero-order chi connectivity index (χ0) is 20.1. The molecule has 0 radical (unpaired) electrons. The summed E-state index contributed by atoms with van der Waals surface area (Å²) in [7, 11) is -3.74. The van der Waals surface area contributed by atoms with Gasteiger partial charge in [-0.2, -0.15) is 0 Å². The van der Waals surface area contributed by atoms with Gasteiger partial charge in [-0.15, -0.1) is 0 Å². The molecule has 142 valence electrons. The molecule has 3 rings (SSSR count). The van der Waals surface area contributed by atoms with Gasteiger partial charge in [-0.1, -0.05) is 30.3 Å². The molecule has 3 aromatic carbocycles. The summed E-state index contributed by atoms with van der Waals surface area (Å²) >= 11 is 3.23. The van der Waals surface area contributed by atoms with Gasteiger partial charge in [-0.25, -0.2) is 8.42 Å². The Morgan fingerprint density at radius 2 is 1.57 bits per heavy atom. The van der Waals surface area contributed by atoms with Crippen molar-refractivity contribution in [2.75, 3.05) is 4.72 Å². The van der Waals surface area contributed by atoms with E-state index in [0.29, 0.717) is 15.7 Å². The highest BCUT2D eigenvalue weighted by Gasteiger charge is 2.17. The second-order valence-electron chi connectivity index (χ2n) is 5.90. The highest BCUT2D eigenvalue weighted by Crippen LogP contribution is 2.24. The molecule has 0 aromatic heterocycles. The van der Waals surface area contributed by atoms with Gasteiger partial charge >= 0.3 is 0 Å². The van der Waals surface area contributed by atoms with Crippen molar-refractivity contribution < 1.29 is 18.3 Å². The summed E-state index contributed by atoms with van der Waals surface area (Å²) in [5, 5.41) is 9.26. The van der Waals surface area contributed by atoms with Crippen LogP contribution in [0.4, 0.5) is 5.69 Å². The van der Waals surface area contributed by atoms with Crippen molar-refractivity contribution in [1.82, 2.24) is 0 Å². The number of rotatable bonds is 6. The quantitative estimate of drug-likeness (QED) is 0.409. The van der Waals surface area contributed by atoms with E-state index in [-0.39, 0.29) is 16.4 Å². The van der Waals surface area contributed by atoms with Crippen LogP contribution in [0.5, 0.6) is 5.75 Å². The van der Waals surface area contributed by atoms with Crippen LogP contribution in [-0.2, 0) is 10.0 Å². The summed E-state index contributed by atoms with van der Waals surface area (Å²) in [5.74, 6) is -0.0580. The standard InChI is InChI=1S/C21H16BrNO4S/c22-19-3-1-2-4-21(19)28(26,27)23-17-10-8-16(9-11-17)20(25)14-7-15-5-12-18(24)13-6-15/h1-14,23-24H/b14-7+. The Morgan fingerprint density at radius 1 is 0.929 bits per heavy atom. The first kappa shape index (κ1) is 19.9. The Morgan fingerprint density at radius 3 is 2.21 bits per heavy atom. The van der Waals surface area contributed by atoms with Crippen molar-refractivity contribution in [2.24, 2.45) is 0 Å². The molecule has 0 aliphatic carbocycles. The largest absolute Gasteiger partial charge is 0.508 e. The molecule has 0 unspecified atom stereocenters. The minimum atomic E-state index is -3.74. The van der Waals surface area contributed by atoms with Crippen LogP contribution >= 0.6 is 15.9 Å². The average molecular weight is 458 g/mol. The number of anilines is 1. The van der Waals surface area contributed by atoms with Gasteiger partial charge in [-0.3, -0.25) is 9.52 Å². The van der Waals surface area contributed by atoms with Gasteiger partial charge in [0.1, 0.15) is 10.6 Å². The van der Waals surface area contributed by atoms with Crippen molar-refractivity contribution in [2.45, 2.75) is 4.90 Å². The van der Waals surface area contributed by atoms with Crippen LogP contribution in [0.1, 0.15) is 15.9 Å². The Labute approximate surface area is 171 Å². The summed E-state index contributed by atoms with van der Waals surface area (Å²) in [5.41, 5.74) is 1.57. The predicted molar refractivity (Wildman–Crippen MR) is 113 cm³/mol. The monoisotopic (exact) mass is 457 g/mol. The number of carbonyl (C=O) groups excluding carboxylic acids is 1. The number of ketones is 1. The van der Waals surface area contributed by atoms with Gasteiger partial charge in [0.2, 0.25) is 0 Å². The summed E-state index contributed by atoms with van der Waals surface area (Å²) in [6.45, 7) is 0. The summed E-state index contributed by atoms with van der Waals surface area (Å²) in [6.07, 6.45) is 3.07. The van der Waals surface area contributed by atoms with Crippen LogP contribution in [0.25, 0.3) is 6.08 Å². The molecule has 0 heterocycles. The van der Waals surface area contributed by atoms with Crippen LogP contribution in [-0.4, -0.2) is 19.3 Å². The van der Waals surface area contributed by atoms with E-state index in [4.69, 9.17) is 0 Å². The van der Waals surface area contributed by atoms with Crippen LogP contribution in [0, 0.1) is 0 Å². The Hall–Kier alpha value is -2.90. The number of sulfonamides is 1.